The first kappa shape index (κ1) is 14.1. The van der Waals surface area contributed by atoms with Gasteiger partial charge in [0.25, 0.3) is 0 Å². The van der Waals surface area contributed by atoms with Crippen molar-refractivity contribution in [3.63, 3.8) is 0 Å². The lowest BCUT2D eigenvalue weighted by molar-refractivity contribution is -0.0931. The van der Waals surface area contributed by atoms with Gasteiger partial charge in [-0.15, -0.1) is 0 Å². The van der Waals surface area contributed by atoms with Crippen LogP contribution >= 0.6 is 0 Å². The van der Waals surface area contributed by atoms with Crippen molar-refractivity contribution in [3.8, 4) is 5.75 Å². The van der Waals surface area contributed by atoms with Crippen molar-refractivity contribution in [1.29, 1.82) is 0 Å². The highest BCUT2D eigenvalue weighted by atomic mass is 16.7. The monoisotopic (exact) mass is 292 g/mol. The second-order valence-corrected chi connectivity index (χ2v) is 5.11. The number of hydrogen-bond donors (Lipinski definition) is 2. The second-order valence-electron chi connectivity index (χ2n) is 5.11. The standard InChI is InChI=1S/C15H16O6/c1-8-4-14(18)20-12-5-9(2-3-10(8)12)19-15-6-11(17)13(7-16)21-15/h2-5,11,13,15-17H,6-7H2,1H3/t11-,13+,15+/m0/s1. The molecule has 0 amide bonds. The molecule has 0 unspecified atom stereocenters. The Bertz CT molecular complexity index is 707. The Morgan fingerprint density at radius 2 is 2.19 bits per heavy atom. The van der Waals surface area contributed by atoms with E-state index >= 15 is 0 Å². The van der Waals surface area contributed by atoms with E-state index in [2.05, 4.69) is 0 Å². The fraction of sp³-hybridized carbons (Fsp3) is 0.400. The van der Waals surface area contributed by atoms with Gasteiger partial charge < -0.3 is 24.1 Å². The number of aryl methyl sites for hydroxylation is 1. The van der Waals surface area contributed by atoms with Crippen molar-refractivity contribution in [3.05, 3.63) is 40.2 Å². The van der Waals surface area contributed by atoms with Crippen LogP contribution < -0.4 is 10.4 Å². The van der Waals surface area contributed by atoms with E-state index in [-0.39, 0.29) is 13.0 Å². The van der Waals surface area contributed by atoms with Gasteiger partial charge in [-0.2, -0.15) is 0 Å². The highest BCUT2D eigenvalue weighted by Gasteiger charge is 2.34. The van der Waals surface area contributed by atoms with E-state index in [4.69, 9.17) is 19.0 Å². The maximum atomic E-state index is 11.4. The molecule has 6 heteroatoms. The molecule has 1 aromatic heterocycles. The van der Waals surface area contributed by atoms with Gasteiger partial charge in [0.15, 0.2) is 0 Å². The summed E-state index contributed by atoms with van der Waals surface area (Å²) in [6.07, 6.45) is -1.73. The Morgan fingerprint density at radius 3 is 2.90 bits per heavy atom. The lowest BCUT2D eigenvalue weighted by Gasteiger charge is -2.14. The summed E-state index contributed by atoms with van der Waals surface area (Å²) in [5, 5.41) is 19.5. The van der Waals surface area contributed by atoms with Gasteiger partial charge in [-0.3, -0.25) is 0 Å². The van der Waals surface area contributed by atoms with Gasteiger partial charge in [-0.05, 0) is 24.6 Å². The molecule has 0 bridgehead atoms. The normalized spacial score (nSPS) is 25.4. The SMILES string of the molecule is Cc1cc(=O)oc2cc(O[C@H]3C[C@H](O)[C@@H](CO)O3)ccc12. The van der Waals surface area contributed by atoms with E-state index in [1.54, 1.807) is 18.2 Å². The number of aliphatic hydroxyl groups excluding tert-OH is 2. The Labute approximate surface area is 120 Å². The molecule has 2 aromatic rings. The predicted octanol–water partition coefficient (Wildman–Crippen LogP) is 0.948. The van der Waals surface area contributed by atoms with Gasteiger partial charge in [0, 0.05) is 23.9 Å². The molecule has 3 atom stereocenters. The fourth-order valence-electron chi connectivity index (χ4n) is 2.46. The summed E-state index contributed by atoms with van der Waals surface area (Å²) in [5.41, 5.74) is 0.862. The maximum Gasteiger partial charge on any atom is 0.336 e. The largest absolute Gasteiger partial charge is 0.465 e. The average molecular weight is 292 g/mol. The van der Waals surface area contributed by atoms with Crippen molar-refractivity contribution in [2.75, 3.05) is 6.61 Å². The minimum absolute atomic E-state index is 0.257. The zero-order valence-corrected chi connectivity index (χ0v) is 11.5. The average Bonchev–Trinajstić information content (AvgIpc) is 2.78. The van der Waals surface area contributed by atoms with Crippen molar-refractivity contribution in [2.24, 2.45) is 0 Å². The molecule has 21 heavy (non-hydrogen) atoms. The van der Waals surface area contributed by atoms with Crippen LogP contribution in [0, 0.1) is 6.92 Å². The first-order valence-electron chi connectivity index (χ1n) is 6.72. The van der Waals surface area contributed by atoms with Crippen molar-refractivity contribution in [2.45, 2.75) is 31.8 Å². The number of hydrogen-bond acceptors (Lipinski definition) is 6. The molecule has 112 valence electrons. The van der Waals surface area contributed by atoms with Crippen LogP contribution in [0.3, 0.4) is 0 Å². The van der Waals surface area contributed by atoms with Gasteiger partial charge >= 0.3 is 5.63 Å². The van der Waals surface area contributed by atoms with E-state index in [1.165, 1.54) is 6.07 Å². The highest BCUT2D eigenvalue weighted by molar-refractivity contribution is 5.81. The summed E-state index contributed by atoms with van der Waals surface area (Å²) in [5.74, 6) is 0.479. The van der Waals surface area contributed by atoms with Crippen molar-refractivity contribution >= 4 is 11.0 Å². The highest BCUT2D eigenvalue weighted by Crippen LogP contribution is 2.27. The number of benzene rings is 1. The third-order valence-electron chi connectivity index (χ3n) is 3.56. The van der Waals surface area contributed by atoms with E-state index in [9.17, 15) is 9.90 Å². The van der Waals surface area contributed by atoms with Crippen LogP contribution in [0.2, 0.25) is 0 Å². The summed E-state index contributed by atoms with van der Waals surface area (Å²) >= 11 is 0. The topological polar surface area (TPSA) is 89.1 Å². The van der Waals surface area contributed by atoms with Gasteiger partial charge in [-0.1, -0.05) is 0 Å². The van der Waals surface area contributed by atoms with E-state index in [0.717, 1.165) is 10.9 Å². The van der Waals surface area contributed by atoms with E-state index < -0.39 is 24.1 Å². The summed E-state index contributed by atoms with van der Waals surface area (Å²) in [6.45, 7) is 1.58. The molecule has 0 aliphatic carbocycles. The Morgan fingerprint density at radius 1 is 1.38 bits per heavy atom. The number of ether oxygens (including phenoxy) is 2. The molecule has 3 rings (SSSR count). The zero-order valence-electron chi connectivity index (χ0n) is 11.5. The van der Waals surface area contributed by atoms with Crippen LogP contribution in [-0.2, 0) is 4.74 Å². The van der Waals surface area contributed by atoms with Crippen LogP contribution in [0.15, 0.2) is 33.5 Å². The van der Waals surface area contributed by atoms with Crippen LogP contribution in [0.1, 0.15) is 12.0 Å². The van der Waals surface area contributed by atoms with E-state index in [1.807, 2.05) is 6.92 Å². The molecule has 1 aliphatic rings. The molecule has 6 nitrogen and oxygen atoms in total. The molecule has 1 saturated heterocycles. The van der Waals surface area contributed by atoms with Gasteiger partial charge in [0.1, 0.15) is 17.4 Å². The molecule has 1 aromatic carbocycles. The fourth-order valence-corrected chi connectivity index (χ4v) is 2.46. The van der Waals surface area contributed by atoms with Crippen LogP contribution in [0.5, 0.6) is 5.75 Å². The van der Waals surface area contributed by atoms with Gasteiger partial charge in [0.05, 0.1) is 12.7 Å². The Hall–Kier alpha value is -1.89. The number of fused-ring (bicyclic) bond motifs is 1. The number of aliphatic hydroxyl groups is 2. The minimum atomic E-state index is -0.749. The summed E-state index contributed by atoms with van der Waals surface area (Å²) in [6, 6.07) is 6.60. The molecular formula is C15H16O6. The third-order valence-corrected chi connectivity index (χ3v) is 3.56. The van der Waals surface area contributed by atoms with Gasteiger partial charge in [-0.25, -0.2) is 4.79 Å². The Balaban J connectivity index is 1.84. The zero-order chi connectivity index (χ0) is 15.0. The molecule has 0 radical (unpaired) electrons. The van der Waals surface area contributed by atoms with Crippen LogP contribution in [0.4, 0.5) is 0 Å². The molecule has 2 heterocycles. The first-order chi connectivity index (χ1) is 10.1. The molecule has 1 fully saturated rings. The summed E-state index contributed by atoms with van der Waals surface area (Å²) in [4.78, 5) is 11.4. The molecule has 2 N–H and O–H groups in total. The third kappa shape index (κ3) is 2.78. The number of rotatable bonds is 3. The van der Waals surface area contributed by atoms with Crippen molar-refractivity contribution < 1.29 is 24.1 Å². The smallest absolute Gasteiger partial charge is 0.336 e. The molecule has 0 spiro atoms. The van der Waals surface area contributed by atoms with Crippen LogP contribution in [-0.4, -0.2) is 35.3 Å². The van der Waals surface area contributed by atoms with E-state index in [0.29, 0.717) is 11.3 Å². The van der Waals surface area contributed by atoms with Crippen LogP contribution in [0.25, 0.3) is 11.0 Å². The lowest BCUT2D eigenvalue weighted by atomic mass is 10.1. The minimum Gasteiger partial charge on any atom is -0.465 e. The quantitative estimate of drug-likeness (QED) is 0.819. The molecule has 1 aliphatic heterocycles. The van der Waals surface area contributed by atoms with Crippen molar-refractivity contribution in [1.82, 2.24) is 0 Å². The molecule has 0 saturated carbocycles. The van der Waals surface area contributed by atoms with Gasteiger partial charge in [0.2, 0.25) is 6.29 Å². The summed E-state index contributed by atoms with van der Waals surface area (Å²) in [7, 11) is 0. The first-order valence-corrected chi connectivity index (χ1v) is 6.72. The predicted molar refractivity (Wildman–Crippen MR) is 74.2 cm³/mol. The Kier molecular flexibility index (Phi) is 3.67. The summed E-state index contributed by atoms with van der Waals surface area (Å²) < 4.78 is 16.1. The second kappa shape index (κ2) is 5.48. The lowest BCUT2D eigenvalue weighted by Crippen LogP contribution is -2.24. The molecular weight excluding hydrogens is 276 g/mol. The maximum absolute atomic E-state index is 11.4.